The van der Waals surface area contributed by atoms with Crippen molar-refractivity contribution in [3.05, 3.63) is 29.3 Å². The molecule has 0 radical (unpaired) electrons. The Morgan fingerprint density at radius 1 is 1.29 bits per heavy atom. The molecule has 0 spiro atoms. The first-order valence-electron chi connectivity index (χ1n) is 7.37. The van der Waals surface area contributed by atoms with Gasteiger partial charge in [0.05, 0.1) is 7.11 Å². The van der Waals surface area contributed by atoms with Crippen LogP contribution in [0.15, 0.2) is 23.2 Å². The Hall–Kier alpha value is -1.75. The molecule has 5 heteroatoms. The van der Waals surface area contributed by atoms with Crippen LogP contribution in [0.5, 0.6) is 5.75 Å². The third-order valence-corrected chi connectivity index (χ3v) is 3.12. The summed E-state index contributed by atoms with van der Waals surface area (Å²) < 4.78 is 10.6. The van der Waals surface area contributed by atoms with Gasteiger partial charge in [0.15, 0.2) is 5.96 Å². The molecule has 1 aromatic carbocycles. The minimum absolute atomic E-state index is 0.710. The Bertz CT molecular complexity index is 447. The van der Waals surface area contributed by atoms with Gasteiger partial charge in [0.2, 0.25) is 0 Å². The van der Waals surface area contributed by atoms with Crippen LogP contribution in [0.25, 0.3) is 0 Å². The predicted octanol–water partition coefficient (Wildman–Crippen LogP) is 2.10. The number of benzene rings is 1. The third-order valence-electron chi connectivity index (χ3n) is 3.12. The molecule has 1 rings (SSSR count). The van der Waals surface area contributed by atoms with Crippen LogP contribution in [0.3, 0.4) is 0 Å². The van der Waals surface area contributed by atoms with Gasteiger partial charge in [0.25, 0.3) is 0 Å². The molecule has 21 heavy (non-hydrogen) atoms. The van der Waals surface area contributed by atoms with E-state index in [0.29, 0.717) is 6.54 Å². The van der Waals surface area contributed by atoms with Crippen molar-refractivity contribution in [3.8, 4) is 5.75 Å². The van der Waals surface area contributed by atoms with Crippen molar-refractivity contribution in [2.24, 2.45) is 4.99 Å². The molecule has 0 saturated heterocycles. The summed E-state index contributed by atoms with van der Waals surface area (Å²) in [6.07, 6.45) is 0.965. The fraction of sp³-hybridized carbons (Fsp3) is 0.562. The van der Waals surface area contributed by atoms with Gasteiger partial charge in [-0.05, 0) is 37.5 Å². The zero-order chi connectivity index (χ0) is 15.5. The summed E-state index contributed by atoms with van der Waals surface area (Å²) in [7, 11) is 3.46. The summed E-state index contributed by atoms with van der Waals surface area (Å²) in [5, 5.41) is 6.56. The Morgan fingerprint density at radius 2 is 2.10 bits per heavy atom. The average molecular weight is 293 g/mol. The molecule has 0 aliphatic rings. The summed E-state index contributed by atoms with van der Waals surface area (Å²) in [4.78, 5) is 4.20. The number of hydrogen-bond donors (Lipinski definition) is 2. The zero-order valence-electron chi connectivity index (χ0n) is 13.5. The van der Waals surface area contributed by atoms with E-state index in [1.807, 2.05) is 19.9 Å². The molecule has 0 heterocycles. The fourth-order valence-corrected chi connectivity index (χ4v) is 1.91. The molecule has 118 valence electrons. The Morgan fingerprint density at radius 3 is 2.76 bits per heavy atom. The van der Waals surface area contributed by atoms with Crippen LogP contribution >= 0.6 is 0 Å². The molecule has 0 saturated carbocycles. The van der Waals surface area contributed by atoms with E-state index in [9.17, 15) is 0 Å². The fourth-order valence-electron chi connectivity index (χ4n) is 1.91. The second kappa shape index (κ2) is 10.0. The van der Waals surface area contributed by atoms with Gasteiger partial charge in [-0.3, -0.25) is 4.99 Å². The van der Waals surface area contributed by atoms with Gasteiger partial charge in [-0.2, -0.15) is 0 Å². The van der Waals surface area contributed by atoms with Gasteiger partial charge >= 0.3 is 0 Å². The molecule has 0 bridgehead atoms. The highest BCUT2D eigenvalue weighted by Gasteiger charge is 2.02. The van der Waals surface area contributed by atoms with E-state index in [2.05, 4.69) is 27.8 Å². The topological polar surface area (TPSA) is 54.9 Å². The number of aryl methyl sites for hydroxylation is 1. The van der Waals surface area contributed by atoms with Crippen molar-refractivity contribution < 1.29 is 9.47 Å². The number of rotatable bonds is 8. The molecular formula is C16H27N3O2. The van der Waals surface area contributed by atoms with E-state index in [4.69, 9.17) is 9.47 Å². The van der Waals surface area contributed by atoms with Gasteiger partial charge in [0, 0.05) is 33.4 Å². The van der Waals surface area contributed by atoms with E-state index in [1.54, 1.807) is 14.2 Å². The number of guanidine groups is 1. The van der Waals surface area contributed by atoms with Crippen molar-refractivity contribution in [2.75, 3.05) is 33.9 Å². The number of methoxy groups -OCH3 is 1. The van der Waals surface area contributed by atoms with E-state index in [1.165, 1.54) is 0 Å². The van der Waals surface area contributed by atoms with Gasteiger partial charge in [-0.25, -0.2) is 0 Å². The molecule has 0 amide bonds. The van der Waals surface area contributed by atoms with Crippen molar-refractivity contribution in [3.63, 3.8) is 0 Å². The first-order chi connectivity index (χ1) is 10.2. The van der Waals surface area contributed by atoms with Crippen LogP contribution < -0.4 is 15.4 Å². The third kappa shape index (κ3) is 6.49. The molecule has 0 fully saturated rings. The SMILES string of the molecule is CCOCCCNC(=NC)NCc1ccc(C)c(OC)c1. The van der Waals surface area contributed by atoms with Gasteiger partial charge in [-0.1, -0.05) is 12.1 Å². The van der Waals surface area contributed by atoms with Crippen LogP contribution in [0.1, 0.15) is 24.5 Å². The lowest BCUT2D eigenvalue weighted by molar-refractivity contribution is 0.145. The number of hydrogen-bond acceptors (Lipinski definition) is 3. The molecule has 0 atom stereocenters. The van der Waals surface area contributed by atoms with E-state index >= 15 is 0 Å². The normalized spacial score (nSPS) is 11.3. The van der Waals surface area contributed by atoms with E-state index in [0.717, 1.165) is 49.0 Å². The maximum absolute atomic E-state index is 5.33. The van der Waals surface area contributed by atoms with Gasteiger partial charge < -0.3 is 20.1 Å². The molecule has 0 aromatic heterocycles. The molecule has 2 N–H and O–H groups in total. The van der Waals surface area contributed by atoms with Crippen molar-refractivity contribution >= 4 is 5.96 Å². The lowest BCUT2D eigenvalue weighted by Crippen LogP contribution is -2.37. The van der Waals surface area contributed by atoms with Gasteiger partial charge in [0.1, 0.15) is 5.75 Å². The monoisotopic (exact) mass is 293 g/mol. The van der Waals surface area contributed by atoms with Crippen LogP contribution in [0.2, 0.25) is 0 Å². The smallest absolute Gasteiger partial charge is 0.191 e. The second-order valence-electron chi connectivity index (χ2n) is 4.71. The minimum atomic E-state index is 0.710. The van der Waals surface area contributed by atoms with Crippen molar-refractivity contribution in [1.82, 2.24) is 10.6 Å². The first-order valence-corrected chi connectivity index (χ1v) is 7.37. The first kappa shape index (κ1) is 17.3. The summed E-state index contributed by atoms with van der Waals surface area (Å²) >= 11 is 0. The highest BCUT2D eigenvalue weighted by atomic mass is 16.5. The van der Waals surface area contributed by atoms with Crippen LogP contribution in [-0.2, 0) is 11.3 Å². The lowest BCUT2D eigenvalue weighted by Gasteiger charge is -2.13. The Balaban J connectivity index is 2.38. The van der Waals surface area contributed by atoms with Gasteiger partial charge in [-0.15, -0.1) is 0 Å². The molecule has 0 aliphatic carbocycles. The lowest BCUT2D eigenvalue weighted by atomic mass is 10.1. The van der Waals surface area contributed by atoms with Crippen LogP contribution in [-0.4, -0.2) is 39.9 Å². The molecule has 0 unspecified atom stereocenters. The number of nitrogens with zero attached hydrogens (tertiary/aromatic N) is 1. The Labute approximate surface area is 127 Å². The highest BCUT2D eigenvalue weighted by molar-refractivity contribution is 5.79. The van der Waals surface area contributed by atoms with Crippen molar-refractivity contribution in [1.29, 1.82) is 0 Å². The number of ether oxygens (including phenoxy) is 2. The Kier molecular flexibility index (Phi) is 8.28. The number of nitrogens with one attached hydrogen (secondary N) is 2. The van der Waals surface area contributed by atoms with Crippen molar-refractivity contribution in [2.45, 2.75) is 26.8 Å². The minimum Gasteiger partial charge on any atom is -0.496 e. The highest BCUT2D eigenvalue weighted by Crippen LogP contribution is 2.18. The quantitative estimate of drug-likeness (QED) is 0.438. The maximum atomic E-state index is 5.33. The summed E-state index contributed by atoms with van der Waals surface area (Å²) in [6, 6.07) is 6.20. The predicted molar refractivity (Wildman–Crippen MR) is 87.0 cm³/mol. The summed E-state index contributed by atoms with van der Waals surface area (Å²) in [6.45, 7) is 7.13. The maximum Gasteiger partial charge on any atom is 0.191 e. The van der Waals surface area contributed by atoms with Crippen LogP contribution in [0.4, 0.5) is 0 Å². The van der Waals surface area contributed by atoms with Crippen LogP contribution in [0, 0.1) is 6.92 Å². The standard InChI is InChI=1S/C16H27N3O2/c1-5-21-10-6-9-18-16(17-3)19-12-14-8-7-13(2)15(11-14)20-4/h7-8,11H,5-6,9-10,12H2,1-4H3,(H2,17,18,19). The molecule has 5 nitrogen and oxygen atoms in total. The number of aliphatic imine (C=N–C) groups is 1. The zero-order valence-corrected chi connectivity index (χ0v) is 13.5. The van der Waals surface area contributed by atoms with E-state index < -0.39 is 0 Å². The van der Waals surface area contributed by atoms with E-state index in [-0.39, 0.29) is 0 Å². The average Bonchev–Trinajstić information content (AvgIpc) is 2.51. The molecular weight excluding hydrogens is 266 g/mol. The molecule has 0 aliphatic heterocycles. The summed E-state index contributed by atoms with van der Waals surface area (Å²) in [5.41, 5.74) is 2.30. The second-order valence-corrected chi connectivity index (χ2v) is 4.71. The summed E-state index contributed by atoms with van der Waals surface area (Å²) in [5.74, 6) is 1.71. The largest absolute Gasteiger partial charge is 0.496 e. The molecule has 1 aromatic rings.